The van der Waals surface area contributed by atoms with Crippen LogP contribution in [0, 0.1) is 13.8 Å². The van der Waals surface area contributed by atoms with Crippen LogP contribution in [0.4, 0.5) is 4.79 Å². The molecule has 130 valence electrons. The van der Waals surface area contributed by atoms with Crippen LogP contribution in [-0.2, 0) is 4.79 Å². The number of thioether (sulfide) groups is 1. The minimum Gasteiger partial charge on any atom is -0.497 e. The molecule has 1 fully saturated rings. The maximum atomic E-state index is 12.3. The number of aryl methyl sites for hydroxylation is 1. The lowest BCUT2D eigenvalue weighted by Crippen LogP contribution is -2.27. The van der Waals surface area contributed by atoms with E-state index in [9.17, 15) is 9.59 Å². The van der Waals surface area contributed by atoms with Gasteiger partial charge in [-0.15, -0.1) is 0 Å². The quantitative estimate of drug-likeness (QED) is 0.772. The molecule has 0 bridgehead atoms. The molecular formula is C19H20N2O3S. The van der Waals surface area contributed by atoms with Crippen LogP contribution in [0.15, 0.2) is 35.2 Å². The molecule has 2 heterocycles. The minimum atomic E-state index is -0.216. The maximum Gasteiger partial charge on any atom is 0.293 e. The molecule has 1 aromatic carbocycles. The fraction of sp³-hybridized carbons (Fsp3) is 0.263. The number of carbonyl (C=O) groups excluding carboxylic acids is 2. The molecule has 0 unspecified atom stereocenters. The Morgan fingerprint density at radius 1 is 1.16 bits per heavy atom. The van der Waals surface area contributed by atoms with Crippen molar-refractivity contribution in [1.82, 2.24) is 9.47 Å². The Bertz CT molecular complexity index is 866. The number of amides is 2. The van der Waals surface area contributed by atoms with Crippen LogP contribution in [0.2, 0.25) is 0 Å². The van der Waals surface area contributed by atoms with Gasteiger partial charge in [-0.25, -0.2) is 0 Å². The van der Waals surface area contributed by atoms with Gasteiger partial charge >= 0.3 is 0 Å². The first kappa shape index (κ1) is 17.4. The van der Waals surface area contributed by atoms with Gasteiger partial charge in [0.2, 0.25) is 0 Å². The average Bonchev–Trinajstić information content (AvgIpc) is 3.03. The molecule has 1 aromatic heterocycles. The van der Waals surface area contributed by atoms with E-state index in [0.717, 1.165) is 40.2 Å². The zero-order valence-corrected chi connectivity index (χ0v) is 15.5. The van der Waals surface area contributed by atoms with Crippen molar-refractivity contribution in [3.05, 3.63) is 52.2 Å². The number of aromatic nitrogens is 1. The first-order valence-corrected chi connectivity index (χ1v) is 8.86. The van der Waals surface area contributed by atoms with E-state index in [1.54, 1.807) is 14.0 Å². The third-order valence-electron chi connectivity index (χ3n) is 4.28. The van der Waals surface area contributed by atoms with E-state index in [1.807, 2.05) is 50.3 Å². The van der Waals surface area contributed by atoms with Crippen LogP contribution < -0.4 is 4.74 Å². The summed E-state index contributed by atoms with van der Waals surface area (Å²) < 4.78 is 7.33. The Labute approximate surface area is 151 Å². The van der Waals surface area contributed by atoms with Crippen molar-refractivity contribution in [3.8, 4) is 11.4 Å². The molecule has 6 heteroatoms. The SMILES string of the molecule is CCN1C(=O)SC(=Cc2cc(C)n(-c3ccc(OC)cc3)c2C)C1=O. The summed E-state index contributed by atoms with van der Waals surface area (Å²) in [5.41, 5.74) is 4.04. The second-order valence-electron chi connectivity index (χ2n) is 5.79. The highest BCUT2D eigenvalue weighted by molar-refractivity contribution is 8.18. The van der Waals surface area contributed by atoms with Crippen LogP contribution in [0.25, 0.3) is 11.8 Å². The van der Waals surface area contributed by atoms with Gasteiger partial charge in [0.15, 0.2) is 0 Å². The first-order chi connectivity index (χ1) is 12.0. The van der Waals surface area contributed by atoms with Crippen molar-refractivity contribution in [3.63, 3.8) is 0 Å². The molecule has 5 nitrogen and oxygen atoms in total. The summed E-state index contributed by atoms with van der Waals surface area (Å²) in [6.45, 7) is 6.22. The van der Waals surface area contributed by atoms with Crippen LogP contribution in [0.5, 0.6) is 5.75 Å². The van der Waals surface area contributed by atoms with Crippen LogP contribution in [0.1, 0.15) is 23.9 Å². The van der Waals surface area contributed by atoms with Gasteiger partial charge in [0.1, 0.15) is 5.75 Å². The molecule has 3 rings (SSSR count). The number of benzene rings is 1. The van der Waals surface area contributed by atoms with E-state index in [-0.39, 0.29) is 11.1 Å². The molecule has 1 aliphatic rings. The monoisotopic (exact) mass is 356 g/mol. The maximum absolute atomic E-state index is 12.3. The summed E-state index contributed by atoms with van der Waals surface area (Å²) in [4.78, 5) is 25.9. The minimum absolute atomic E-state index is 0.206. The summed E-state index contributed by atoms with van der Waals surface area (Å²) in [7, 11) is 1.64. The molecule has 0 N–H and O–H groups in total. The van der Waals surface area contributed by atoms with Crippen LogP contribution in [-0.4, -0.2) is 34.3 Å². The lowest BCUT2D eigenvalue weighted by Gasteiger charge is -2.10. The smallest absolute Gasteiger partial charge is 0.293 e. The number of hydrogen-bond acceptors (Lipinski definition) is 4. The van der Waals surface area contributed by atoms with Gasteiger partial charge in [0.25, 0.3) is 11.1 Å². The highest BCUT2D eigenvalue weighted by Crippen LogP contribution is 2.33. The molecule has 2 aromatic rings. The Hall–Kier alpha value is -2.47. The normalized spacial score (nSPS) is 16.2. The molecule has 0 atom stereocenters. The van der Waals surface area contributed by atoms with Gasteiger partial charge in [0.05, 0.1) is 12.0 Å². The average molecular weight is 356 g/mol. The number of imide groups is 1. The number of ether oxygens (including phenoxy) is 1. The second kappa shape index (κ2) is 6.80. The number of carbonyl (C=O) groups is 2. The van der Waals surface area contributed by atoms with Crippen molar-refractivity contribution in [2.45, 2.75) is 20.8 Å². The van der Waals surface area contributed by atoms with Gasteiger partial charge in [-0.2, -0.15) is 0 Å². The highest BCUT2D eigenvalue weighted by Gasteiger charge is 2.33. The lowest BCUT2D eigenvalue weighted by atomic mass is 10.2. The van der Waals surface area contributed by atoms with Crippen LogP contribution in [0.3, 0.4) is 0 Å². The fourth-order valence-electron chi connectivity index (χ4n) is 2.98. The van der Waals surface area contributed by atoms with E-state index in [4.69, 9.17) is 4.74 Å². The largest absolute Gasteiger partial charge is 0.497 e. The van der Waals surface area contributed by atoms with E-state index in [0.29, 0.717) is 11.4 Å². The van der Waals surface area contributed by atoms with Gasteiger partial charge in [-0.05, 0) is 74.5 Å². The molecule has 2 amide bonds. The zero-order chi connectivity index (χ0) is 18.1. The molecule has 1 saturated heterocycles. The van der Waals surface area contributed by atoms with E-state index in [1.165, 1.54) is 4.90 Å². The summed E-state index contributed by atoms with van der Waals surface area (Å²) in [5, 5.41) is -0.206. The molecule has 0 radical (unpaired) electrons. The Morgan fingerprint density at radius 3 is 2.40 bits per heavy atom. The van der Waals surface area contributed by atoms with Gasteiger partial charge in [-0.1, -0.05) is 0 Å². The number of rotatable bonds is 4. The Balaban J connectivity index is 1.99. The van der Waals surface area contributed by atoms with E-state index in [2.05, 4.69) is 4.57 Å². The molecule has 1 aliphatic heterocycles. The first-order valence-electron chi connectivity index (χ1n) is 8.05. The number of hydrogen-bond donors (Lipinski definition) is 0. The predicted octanol–water partition coefficient (Wildman–Crippen LogP) is 4.16. The summed E-state index contributed by atoms with van der Waals surface area (Å²) >= 11 is 0.999. The molecule has 25 heavy (non-hydrogen) atoms. The third kappa shape index (κ3) is 3.09. The number of methoxy groups -OCH3 is 1. The summed E-state index contributed by atoms with van der Waals surface area (Å²) in [6.07, 6.45) is 1.81. The molecular weight excluding hydrogens is 336 g/mol. The van der Waals surface area contributed by atoms with Gasteiger partial charge < -0.3 is 9.30 Å². The standard InChI is InChI=1S/C19H20N2O3S/c1-5-20-18(22)17(25-19(20)23)11-14-10-12(2)21(13(14)3)15-6-8-16(24-4)9-7-15/h6-11H,5H2,1-4H3. The van der Waals surface area contributed by atoms with Crippen molar-refractivity contribution >= 4 is 29.0 Å². The van der Waals surface area contributed by atoms with Gasteiger partial charge in [-0.3, -0.25) is 14.5 Å². The Morgan fingerprint density at radius 2 is 1.84 bits per heavy atom. The summed E-state index contributed by atoms with van der Waals surface area (Å²) in [6, 6.07) is 9.85. The lowest BCUT2D eigenvalue weighted by molar-refractivity contribution is -0.122. The number of nitrogens with zero attached hydrogens (tertiary/aromatic N) is 2. The Kier molecular flexibility index (Phi) is 4.72. The molecule has 0 saturated carbocycles. The van der Waals surface area contributed by atoms with Crippen molar-refractivity contribution < 1.29 is 14.3 Å². The predicted molar refractivity (Wildman–Crippen MR) is 100 cm³/mol. The van der Waals surface area contributed by atoms with Crippen LogP contribution >= 0.6 is 11.8 Å². The van der Waals surface area contributed by atoms with Gasteiger partial charge in [0, 0.05) is 23.6 Å². The molecule has 0 spiro atoms. The van der Waals surface area contributed by atoms with E-state index < -0.39 is 0 Å². The topological polar surface area (TPSA) is 51.5 Å². The molecule has 0 aliphatic carbocycles. The summed E-state index contributed by atoms with van der Waals surface area (Å²) in [5.74, 6) is 0.589. The van der Waals surface area contributed by atoms with E-state index >= 15 is 0 Å². The highest BCUT2D eigenvalue weighted by atomic mass is 32.2. The van der Waals surface area contributed by atoms with Crippen molar-refractivity contribution in [2.24, 2.45) is 0 Å². The zero-order valence-electron chi connectivity index (χ0n) is 14.7. The third-order valence-corrected chi connectivity index (χ3v) is 5.18. The van der Waals surface area contributed by atoms with Crippen molar-refractivity contribution in [1.29, 1.82) is 0 Å². The number of likely N-dealkylation sites (N-methyl/N-ethyl adjacent to an activating group) is 1. The van der Waals surface area contributed by atoms with Crippen molar-refractivity contribution in [2.75, 3.05) is 13.7 Å². The fourth-order valence-corrected chi connectivity index (χ4v) is 3.87. The second-order valence-corrected chi connectivity index (χ2v) is 6.78.